The Balaban J connectivity index is 3.52. The molecule has 2 nitrogen and oxygen atoms in total. The van der Waals surface area contributed by atoms with Gasteiger partial charge in [0, 0.05) is 5.25 Å². The smallest absolute Gasteiger partial charge is 0.0392 e. The van der Waals surface area contributed by atoms with Gasteiger partial charge in [0.1, 0.15) is 0 Å². The highest BCUT2D eigenvalue weighted by molar-refractivity contribution is 7.80. The van der Waals surface area contributed by atoms with E-state index in [0.717, 1.165) is 19.3 Å². The van der Waals surface area contributed by atoms with E-state index < -0.39 is 11.1 Å². The lowest BCUT2D eigenvalue weighted by atomic mass is 10.1. The monoisotopic (exact) mass is 175 g/mol. The first kappa shape index (κ1) is 10.8. The van der Waals surface area contributed by atoms with Gasteiger partial charge in [-0.3, -0.25) is 4.21 Å². The minimum Gasteiger partial charge on any atom is -0.772 e. The summed E-state index contributed by atoms with van der Waals surface area (Å²) >= 11 is -1.97. The highest BCUT2D eigenvalue weighted by Gasteiger charge is 2.02. The average molecular weight is 175 g/mol. The van der Waals surface area contributed by atoms with E-state index in [2.05, 4.69) is 13.5 Å². The Bertz CT molecular complexity index is 134. The summed E-state index contributed by atoms with van der Waals surface area (Å²) in [6.45, 7) is 5.56. The number of unbranched alkanes of at least 4 members (excludes halogenated alkanes) is 2. The molecule has 11 heavy (non-hydrogen) atoms. The molecule has 0 aliphatic heterocycles. The highest BCUT2D eigenvalue weighted by atomic mass is 32.2. The molecule has 0 saturated carbocycles. The zero-order valence-electron chi connectivity index (χ0n) is 6.91. The quantitative estimate of drug-likeness (QED) is 0.352. The van der Waals surface area contributed by atoms with Gasteiger partial charge in [-0.15, -0.1) is 6.58 Å². The molecule has 0 aromatic heterocycles. The van der Waals surface area contributed by atoms with Crippen molar-refractivity contribution in [2.24, 2.45) is 0 Å². The summed E-state index contributed by atoms with van der Waals surface area (Å²) in [7, 11) is 0. The lowest BCUT2D eigenvalue weighted by molar-refractivity contribution is 0.522. The van der Waals surface area contributed by atoms with Gasteiger partial charge < -0.3 is 4.55 Å². The van der Waals surface area contributed by atoms with Crippen molar-refractivity contribution in [2.45, 2.75) is 37.9 Å². The van der Waals surface area contributed by atoms with Gasteiger partial charge in [0.15, 0.2) is 0 Å². The van der Waals surface area contributed by atoms with E-state index in [1.807, 2.05) is 0 Å². The van der Waals surface area contributed by atoms with Gasteiger partial charge in [-0.05, 0) is 17.5 Å². The molecule has 0 rings (SSSR count). The van der Waals surface area contributed by atoms with Crippen LogP contribution in [0.1, 0.15) is 32.6 Å². The first-order valence-electron chi connectivity index (χ1n) is 3.93. The third-order valence-corrected chi connectivity index (χ3v) is 2.52. The van der Waals surface area contributed by atoms with Crippen LogP contribution in [0.2, 0.25) is 0 Å². The van der Waals surface area contributed by atoms with Crippen LogP contribution in [-0.2, 0) is 11.1 Å². The van der Waals surface area contributed by atoms with Gasteiger partial charge in [0.05, 0.1) is 0 Å². The standard InChI is InChI=1S/C8H16O2S/c1-3-5-6-7-8(4-2)11(9)10/h4,8H,2-3,5-7H2,1H3,(H,9,10)/p-1. The zero-order chi connectivity index (χ0) is 8.69. The van der Waals surface area contributed by atoms with E-state index >= 15 is 0 Å². The molecule has 2 atom stereocenters. The second-order valence-electron chi connectivity index (χ2n) is 2.53. The van der Waals surface area contributed by atoms with Gasteiger partial charge in [-0.25, -0.2) is 0 Å². The third kappa shape index (κ3) is 5.16. The molecule has 66 valence electrons. The van der Waals surface area contributed by atoms with Gasteiger partial charge in [-0.2, -0.15) is 0 Å². The summed E-state index contributed by atoms with van der Waals surface area (Å²) in [5.74, 6) is 0. The van der Waals surface area contributed by atoms with Crippen molar-refractivity contribution in [3.05, 3.63) is 12.7 Å². The zero-order valence-corrected chi connectivity index (χ0v) is 7.73. The lowest BCUT2D eigenvalue weighted by Crippen LogP contribution is -2.10. The van der Waals surface area contributed by atoms with Gasteiger partial charge >= 0.3 is 0 Å². The Hall–Kier alpha value is -0.150. The minimum atomic E-state index is -1.97. The summed E-state index contributed by atoms with van der Waals surface area (Å²) in [6.07, 6.45) is 5.41. The van der Waals surface area contributed by atoms with Crippen LogP contribution >= 0.6 is 0 Å². The molecule has 0 aromatic rings. The van der Waals surface area contributed by atoms with Gasteiger partial charge in [0.25, 0.3) is 0 Å². The predicted molar refractivity (Wildman–Crippen MR) is 47.0 cm³/mol. The molecule has 0 aliphatic rings. The predicted octanol–water partition coefficient (Wildman–Crippen LogP) is 2.00. The first-order chi connectivity index (χ1) is 5.22. The molecule has 0 heterocycles. The van der Waals surface area contributed by atoms with Crippen LogP contribution in [0.15, 0.2) is 12.7 Å². The molecule has 0 fully saturated rings. The Labute approximate surface area is 71.0 Å². The maximum Gasteiger partial charge on any atom is 0.0392 e. The molecule has 0 amide bonds. The largest absolute Gasteiger partial charge is 0.772 e. The van der Waals surface area contributed by atoms with Crippen LogP contribution in [0, 0.1) is 0 Å². The van der Waals surface area contributed by atoms with E-state index in [1.54, 1.807) is 0 Å². The maximum absolute atomic E-state index is 10.5. The normalized spacial score (nSPS) is 15.8. The van der Waals surface area contributed by atoms with Gasteiger partial charge in [-0.1, -0.05) is 32.3 Å². The van der Waals surface area contributed by atoms with Crippen molar-refractivity contribution < 1.29 is 8.76 Å². The fourth-order valence-corrected chi connectivity index (χ4v) is 1.40. The fourth-order valence-electron chi connectivity index (χ4n) is 0.888. The molecule has 0 radical (unpaired) electrons. The summed E-state index contributed by atoms with van der Waals surface area (Å²) in [6, 6.07) is 0. The van der Waals surface area contributed by atoms with Crippen LogP contribution in [0.5, 0.6) is 0 Å². The topological polar surface area (TPSA) is 40.1 Å². The minimum absolute atomic E-state index is 0.346. The molecule has 0 spiro atoms. The molecule has 2 unspecified atom stereocenters. The number of hydrogen-bond donors (Lipinski definition) is 0. The number of rotatable bonds is 6. The Kier molecular flexibility index (Phi) is 6.46. The lowest BCUT2D eigenvalue weighted by Gasteiger charge is -2.14. The molecular formula is C8H15O2S-. The number of hydrogen-bond acceptors (Lipinski definition) is 2. The van der Waals surface area contributed by atoms with Crippen LogP contribution in [0.3, 0.4) is 0 Å². The van der Waals surface area contributed by atoms with Crippen molar-refractivity contribution in [2.75, 3.05) is 0 Å². The van der Waals surface area contributed by atoms with Crippen LogP contribution in [0.25, 0.3) is 0 Å². The Morgan fingerprint density at radius 2 is 2.27 bits per heavy atom. The molecule has 0 bridgehead atoms. The molecule has 0 aliphatic carbocycles. The summed E-state index contributed by atoms with van der Waals surface area (Å²) in [5, 5.41) is -0.346. The van der Waals surface area contributed by atoms with E-state index in [4.69, 9.17) is 0 Å². The van der Waals surface area contributed by atoms with E-state index in [0.29, 0.717) is 6.42 Å². The second kappa shape index (κ2) is 6.55. The van der Waals surface area contributed by atoms with Crippen molar-refractivity contribution in [1.82, 2.24) is 0 Å². The molecule has 0 aromatic carbocycles. The van der Waals surface area contributed by atoms with Crippen LogP contribution < -0.4 is 0 Å². The molecule has 0 N–H and O–H groups in total. The van der Waals surface area contributed by atoms with Gasteiger partial charge in [0.2, 0.25) is 0 Å². The SMILES string of the molecule is C=CC(CCCCC)S(=O)[O-]. The van der Waals surface area contributed by atoms with Crippen molar-refractivity contribution >= 4 is 11.1 Å². The van der Waals surface area contributed by atoms with Crippen LogP contribution in [0.4, 0.5) is 0 Å². The van der Waals surface area contributed by atoms with Crippen LogP contribution in [-0.4, -0.2) is 14.0 Å². The third-order valence-electron chi connectivity index (χ3n) is 1.60. The van der Waals surface area contributed by atoms with E-state index in [1.165, 1.54) is 6.08 Å². The van der Waals surface area contributed by atoms with Crippen molar-refractivity contribution in [1.29, 1.82) is 0 Å². The summed E-state index contributed by atoms with van der Waals surface area (Å²) < 4.78 is 20.9. The van der Waals surface area contributed by atoms with E-state index in [9.17, 15) is 8.76 Å². The molecular weight excluding hydrogens is 160 g/mol. The molecule has 0 saturated heterocycles. The summed E-state index contributed by atoms with van der Waals surface area (Å²) in [5.41, 5.74) is 0. The van der Waals surface area contributed by atoms with E-state index in [-0.39, 0.29) is 5.25 Å². The highest BCUT2D eigenvalue weighted by Crippen LogP contribution is 2.08. The summed E-state index contributed by atoms with van der Waals surface area (Å²) in [4.78, 5) is 0. The van der Waals surface area contributed by atoms with Crippen molar-refractivity contribution in [3.63, 3.8) is 0 Å². The second-order valence-corrected chi connectivity index (χ2v) is 3.66. The Morgan fingerprint density at radius 1 is 1.64 bits per heavy atom. The maximum atomic E-state index is 10.5. The molecule has 3 heteroatoms. The van der Waals surface area contributed by atoms with Crippen molar-refractivity contribution in [3.8, 4) is 0 Å². The average Bonchev–Trinajstić information content (AvgIpc) is 1.97. The first-order valence-corrected chi connectivity index (χ1v) is 5.06. The fraction of sp³-hybridized carbons (Fsp3) is 0.750. The Morgan fingerprint density at radius 3 is 2.64 bits per heavy atom.